The monoisotopic (exact) mass is 569 g/mol. The van der Waals surface area contributed by atoms with Crippen LogP contribution < -0.4 is 15.0 Å². The average Bonchev–Trinajstić information content (AvgIpc) is 3.52. The summed E-state index contributed by atoms with van der Waals surface area (Å²) in [5.41, 5.74) is 1.26. The second kappa shape index (κ2) is 10.1. The molecule has 7 nitrogen and oxygen atoms in total. The number of aromatic nitrogens is 2. The minimum Gasteiger partial charge on any atom is -0.508 e. The van der Waals surface area contributed by atoms with Gasteiger partial charge in [-0.2, -0.15) is 9.97 Å². The van der Waals surface area contributed by atoms with Crippen molar-refractivity contribution in [2.45, 2.75) is 64.1 Å². The van der Waals surface area contributed by atoms with E-state index in [-0.39, 0.29) is 28.2 Å². The summed E-state index contributed by atoms with van der Waals surface area (Å²) in [6.07, 6.45) is 4.41. The Morgan fingerprint density at radius 1 is 1.07 bits per heavy atom. The molecule has 220 valence electrons. The lowest BCUT2D eigenvalue weighted by Crippen LogP contribution is -2.65. The quantitative estimate of drug-likeness (QED) is 0.300. The molecule has 3 fully saturated rings. The zero-order chi connectivity index (χ0) is 29.2. The Hall–Kier alpha value is -3.49. The first-order valence-corrected chi connectivity index (χ1v) is 15.2. The lowest BCUT2D eigenvalue weighted by atomic mass is 9.72. The molecular formula is C34H40FN5O2. The van der Waals surface area contributed by atoms with Crippen molar-refractivity contribution in [1.29, 1.82) is 0 Å². The Bertz CT molecular complexity index is 1670. The van der Waals surface area contributed by atoms with E-state index < -0.39 is 5.82 Å². The largest absolute Gasteiger partial charge is 0.508 e. The van der Waals surface area contributed by atoms with E-state index in [0.717, 1.165) is 61.9 Å². The van der Waals surface area contributed by atoms with Gasteiger partial charge in [-0.05, 0) is 79.2 Å². The van der Waals surface area contributed by atoms with Crippen LogP contribution in [0.4, 0.5) is 10.2 Å². The Morgan fingerprint density at radius 2 is 1.90 bits per heavy atom. The normalized spacial score (nSPS) is 24.6. The number of benzene rings is 3. The number of hydrogen-bond donors (Lipinski definition) is 2. The van der Waals surface area contributed by atoms with Crippen molar-refractivity contribution >= 4 is 27.5 Å². The topological polar surface area (TPSA) is 73.8 Å². The van der Waals surface area contributed by atoms with E-state index in [0.29, 0.717) is 35.2 Å². The molecule has 0 amide bonds. The highest BCUT2D eigenvalue weighted by Gasteiger charge is 2.51. The van der Waals surface area contributed by atoms with Gasteiger partial charge in [0.2, 0.25) is 0 Å². The summed E-state index contributed by atoms with van der Waals surface area (Å²) in [6, 6.07) is 15.6. The highest BCUT2D eigenvalue weighted by molar-refractivity contribution is 6.01. The third-order valence-electron chi connectivity index (χ3n) is 10.0. The predicted molar refractivity (Wildman–Crippen MR) is 166 cm³/mol. The maximum absolute atomic E-state index is 16.7. The van der Waals surface area contributed by atoms with Gasteiger partial charge in [0, 0.05) is 41.7 Å². The number of likely N-dealkylation sites (N-methyl/N-ethyl adjacent to an activating group) is 1. The van der Waals surface area contributed by atoms with E-state index in [1.54, 1.807) is 18.2 Å². The molecule has 0 spiro atoms. The van der Waals surface area contributed by atoms with Gasteiger partial charge in [-0.15, -0.1) is 0 Å². The van der Waals surface area contributed by atoms with Crippen LogP contribution in [0.2, 0.25) is 0 Å². The Balaban J connectivity index is 1.37. The molecule has 2 bridgehead atoms. The van der Waals surface area contributed by atoms with Crippen molar-refractivity contribution in [3.05, 3.63) is 54.3 Å². The van der Waals surface area contributed by atoms with E-state index in [9.17, 15) is 5.11 Å². The van der Waals surface area contributed by atoms with Crippen molar-refractivity contribution in [1.82, 2.24) is 20.2 Å². The summed E-state index contributed by atoms with van der Waals surface area (Å²) in [4.78, 5) is 14.3. The third-order valence-corrected chi connectivity index (χ3v) is 10.0. The number of anilines is 1. The fourth-order valence-electron chi connectivity index (χ4n) is 7.38. The molecule has 4 heterocycles. The second-order valence-corrected chi connectivity index (χ2v) is 13.5. The number of likely N-dealkylation sites (tertiary alicyclic amines) is 1. The highest BCUT2D eigenvalue weighted by atomic mass is 19.1. The van der Waals surface area contributed by atoms with Gasteiger partial charge in [-0.3, -0.25) is 0 Å². The summed E-state index contributed by atoms with van der Waals surface area (Å²) in [7, 11) is 2.11. The van der Waals surface area contributed by atoms with Gasteiger partial charge < -0.3 is 25.0 Å². The molecule has 8 heteroatoms. The predicted octanol–water partition coefficient (Wildman–Crippen LogP) is 6.12. The minimum absolute atomic E-state index is 0.0461. The lowest BCUT2D eigenvalue weighted by Gasteiger charge is -2.49. The molecule has 1 aromatic heterocycles. The molecule has 4 aromatic rings. The maximum Gasteiger partial charge on any atom is 0.319 e. The highest BCUT2D eigenvalue weighted by Crippen LogP contribution is 2.45. The molecule has 3 saturated heterocycles. The molecule has 7 rings (SSSR count). The number of aromatic hydroxyl groups is 1. The number of phenols is 1. The van der Waals surface area contributed by atoms with Crippen LogP contribution in [-0.4, -0.2) is 70.9 Å². The van der Waals surface area contributed by atoms with Crippen molar-refractivity contribution in [2.24, 2.45) is 5.41 Å². The van der Waals surface area contributed by atoms with Crippen LogP contribution in [0.5, 0.6) is 11.8 Å². The SMILES string of the molecule is CN1CCC[C@H]1COc1nc(N2CC3CCC(C(C)(C)C)(C2)N3)c2ccc(-c3cc(O)cc4ccccc34)c(F)c2n1. The van der Waals surface area contributed by atoms with E-state index in [1.165, 1.54) is 0 Å². The number of phenolic OH excluding ortho intramolecular Hbond substituents is 1. The van der Waals surface area contributed by atoms with Crippen LogP contribution in [0.3, 0.4) is 0 Å². The van der Waals surface area contributed by atoms with E-state index in [1.807, 2.05) is 30.3 Å². The summed E-state index contributed by atoms with van der Waals surface area (Å²) in [5.74, 6) is 0.390. The molecule has 0 aliphatic carbocycles. The fraction of sp³-hybridized carbons (Fsp3) is 0.471. The van der Waals surface area contributed by atoms with Gasteiger partial charge in [-0.25, -0.2) is 4.39 Å². The van der Waals surface area contributed by atoms with E-state index in [4.69, 9.17) is 14.7 Å². The Labute approximate surface area is 246 Å². The van der Waals surface area contributed by atoms with Gasteiger partial charge in [0.25, 0.3) is 0 Å². The molecule has 42 heavy (non-hydrogen) atoms. The summed E-state index contributed by atoms with van der Waals surface area (Å²) in [5, 5.41) is 16.8. The lowest BCUT2D eigenvalue weighted by molar-refractivity contribution is 0.145. The zero-order valence-corrected chi connectivity index (χ0v) is 25.0. The minimum atomic E-state index is -0.432. The first kappa shape index (κ1) is 27.3. The van der Waals surface area contributed by atoms with Gasteiger partial charge in [0.05, 0.1) is 0 Å². The zero-order valence-electron chi connectivity index (χ0n) is 25.0. The molecule has 3 aromatic carbocycles. The number of halogens is 1. The molecule has 3 atom stereocenters. The van der Waals surface area contributed by atoms with Crippen molar-refractivity contribution in [2.75, 3.05) is 38.2 Å². The van der Waals surface area contributed by atoms with E-state index in [2.05, 4.69) is 42.9 Å². The van der Waals surface area contributed by atoms with Gasteiger partial charge in [-0.1, -0.05) is 51.1 Å². The summed E-state index contributed by atoms with van der Waals surface area (Å²) in [6.45, 7) is 9.98. The van der Waals surface area contributed by atoms with Crippen molar-refractivity contribution in [3.63, 3.8) is 0 Å². The molecule has 0 saturated carbocycles. The Morgan fingerprint density at radius 3 is 2.69 bits per heavy atom. The maximum atomic E-state index is 16.7. The van der Waals surface area contributed by atoms with Crippen molar-refractivity contribution < 1.29 is 14.2 Å². The van der Waals surface area contributed by atoms with Crippen LogP contribution >= 0.6 is 0 Å². The molecule has 3 aliphatic heterocycles. The molecule has 3 aliphatic rings. The van der Waals surface area contributed by atoms with Crippen LogP contribution in [0.25, 0.3) is 32.8 Å². The van der Waals surface area contributed by atoms with Crippen LogP contribution in [-0.2, 0) is 0 Å². The Kier molecular flexibility index (Phi) is 6.55. The first-order chi connectivity index (χ1) is 20.1. The smallest absolute Gasteiger partial charge is 0.319 e. The van der Waals surface area contributed by atoms with Crippen LogP contribution in [0.15, 0.2) is 48.5 Å². The molecule has 2 unspecified atom stereocenters. The van der Waals surface area contributed by atoms with Gasteiger partial charge in [0.1, 0.15) is 23.7 Å². The van der Waals surface area contributed by atoms with E-state index >= 15 is 4.39 Å². The molecule has 2 N–H and O–H groups in total. The number of ether oxygens (including phenoxy) is 1. The number of nitrogens with zero attached hydrogens (tertiary/aromatic N) is 4. The standard InChI is InChI=1S/C34H40FN5O2/c1-33(2,3)34-14-13-22(38-34)18-40(20-34)31-27-12-11-26(28-17-24(41)16-21-8-5-6-10-25(21)28)29(35)30(27)36-32(37-31)42-19-23-9-7-15-39(23)4/h5-6,8,10-12,16-17,22-23,38,41H,7,9,13-15,18-20H2,1-4H3/t22?,23-,34?/m0/s1. The number of nitrogens with one attached hydrogen (secondary N) is 1. The number of piperazine rings is 1. The average molecular weight is 570 g/mol. The molecule has 0 radical (unpaired) electrons. The third kappa shape index (κ3) is 4.56. The van der Waals surface area contributed by atoms with Crippen molar-refractivity contribution in [3.8, 4) is 22.9 Å². The summed E-state index contributed by atoms with van der Waals surface area (Å²) >= 11 is 0. The van der Waals surface area contributed by atoms with Gasteiger partial charge >= 0.3 is 6.01 Å². The summed E-state index contributed by atoms with van der Waals surface area (Å²) < 4.78 is 22.9. The number of rotatable bonds is 5. The van der Waals surface area contributed by atoms with Crippen LogP contribution in [0, 0.1) is 11.2 Å². The fourth-order valence-corrected chi connectivity index (χ4v) is 7.38. The number of hydrogen-bond acceptors (Lipinski definition) is 7. The van der Waals surface area contributed by atoms with Crippen LogP contribution in [0.1, 0.15) is 46.5 Å². The van der Waals surface area contributed by atoms with Gasteiger partial charge in [0.15, 0.2) is 5.82 Å². The first-order valence-electron chi connectivity index (χ1n) is 15.2. The number of fused-ring (bicyclic) bond motifs is 4. The molecular weight excluding hydrogens is 529 g/mol. The second-order valence-electron chi connectivity index (χ2n) is 13.5.